The summed E-state index contributed by atoms with van der Waals surface area (Å²) in [6.45, 7) is 0.595. The van der Waals surface area contributed by atoms with Gasteiger partial charge in [-0.15, -0.1) is 0 Å². The maximum absolute atomic E-state index is 5.51. The Morgan fingerprint density at radius 3 is 2.89 bits per heavy atom. The van der Waals surface area contributed by atoms with Gasteiger partial charge in [0, 0.05) is 6.20 Å². The first-order chi connectivity index (χ1) is 8.92. The average Bonchev–Trinajstić information content (AvgIpc) is 2.89. The number of anilines is 1. The first-order valence-corrected chi connectivity index (χ1v) is 5.83. The second-order valence-corrected chi connectivity index (χ2v) is 4.04. The van der Waals surface area contributed by atoms with Crippen molar-refractivity contribution in [3.05, 3.63) is 60.4 Å². The summed E-state index contributed by atoms with van der Waals surface area (Å²) in [6.07, 6.45) is 3.47. The van der Waals surface area contributed by atoms with E-state index in [9.17, 15) is 0 Å². The molecule has 1 saturated heterocycles. The summed E-state index contributed by atoms with van der Waals surface area (Å²) in [6, 6.07) is 14.2. The Morgan fingerprint density at radius 2 is 2.11 bits per heavy atom. The van der Waals surface area contributed by atoms with Crippen LogP contribution in [0.2, 0.25) is 0 Å². The number of benzene rings is 1. The van der Waals surface area contributed by atoms with E-state index in [0.29, 0.717) is 6.61 Å². The molecule has 1 atom stereocenters. The van der Waals surface area contributed by atoms with E-state index < -0.39 is 0 Å². The van der Waals surface area contributed by atoms with Crippen LogP contribution in [0.3, 0.4) is 0 Å². The molecule has 2 heterocycles. The van der Waals surface area contributed by atoms with Crippen molar-refractivity contribution in [2.45, 2.75) is 6.04 Å². The largest absolute Gasteiger partial charge is 0.280 e. The highest BCUT2D eigenvalue weighted by Gasteiger charge is 2.24. The molecule has 0 saturated carbocycles. The molecule has 1 aliphatic heterocycles. The van der Waals surface area contributed by atoms with Crippen molar-refractivity contribution in [1.29, 1.82) is 0 Å². The van der Waals surface area contributed by atoms with E-state index in [2.05, 4.69) is 28.0 Å². The second kappa shape index (κ2) is 5.14. The van der Waals surface area contributed by atoms with Crippen molar-refractivity contribution >= 4 is 5.69 Å². The Labute approximate surface area is 105 Å². The molecule has 1 aliphatic rings. The zero-order valence-electron chi connectivity index (χ0n) is 9.78. The summed E-state index contributed by atoms with van der Waals surface area (Å²) in [5.74, 6) is 0. The number of nitrogens with one attached hydrogen (secondary N) is 2. The molecule has 92 valence electrons. The molecule has 5 nitrogen and oxygen atoms in total. The Bertz CT molecular complexity index is 491. The number of pyridine rings is 1. The fraction of sp³-hybridized carbons (Fsp3) is 0.154. The molecule has 5 heteroatoms. The first kappa shape index (κ1) is 11.2. The lowest BCUT2D eigenvalue weighted by Gasteiger charge is -2.16. The van der Waals surface area contributed by atoms with Crippen LogP contribution in [0.5, 0.6) is 0 Å². The fourth-order valence-corrected chi connectivity index (χ4v) is 1.83. The second-order valence-electron chi connectivity index (χ2n) is 4.04. The minimum Gasteiger partial charge on any atom is -0.280 e. The lowest BCUT2D eigenvalue weighted by molar-refractivity contribution is -0.117. The average molecular weight is 242 g/mol. The molecule has 0 radical (unpaired) electrons. The van der Waals surface area contributed by atoms with Gasteiger partial charge in [-0.2, -0.15) is 0 Å². The van der Waals surface area contributed by atoms with Crippen molar-refractivity contribution in [1.82, 2.24) is 15.7 Å². The smallest absolute Gasteiger partial charge is 0.0931 e. The Morgan fingerprint density at radius 1 is 1.22 bits per heavy atom. The van der Waals surface area contributed by atoms with Crippen LogP contribution in [-0.4, -0.2) is 16.9 Å². The van der Waals surface area contributed by atoms with Gasteiger partial charge in [0.15, 0.2) is 0 Å². The van der Waals surface area contributed by atoms with Crippen molar-refractivity contribution in [2.75, 3.05) is 12.0 Å². The number of aromatic nitrogens is 1. The number of hydrogen-bond donors (Lipinski definition) is 2. The number of rotatable bonds is 3. The lowest BCUT2D eigenvalue weighted by Crippen LogP contribution is -2.36. The molecule has 0 spiro atoms. The van der Waals surface area contributed by atoms with Gasteiger partial charge in [0.1, 0.15) is 0 Å². The van der Waals surface area contributed by atoms with E-state index in [1.807, 2.05) is 30.3 Å². The van der Waals surface area contributed by atoms with Gasteiger partial charge in [-0.05, 0) is 23.0 Å². The molecule has 2 N–H and O–H groups in total. The molecule has 1 fully saturated rings. The number of hydrazine groups is 2. The van der Waals surface area contributed by atoms with Gasteiger partial charge in [-0.3, -0.25) is 15.2 Å². The predicted molar refractivity (Wildman–Crippen MR) is 68.0 cm³/mol. The Hall–Kier alpha value is -1.95. The summed E-state index contributed by atoms with van der Waals surface area (Å²) in [4.78, 5) is 9.54. The molecule has 0 bridgehead atoms. The van der Waals surface area contributed by atoms with E-state index in [1.165, 1.54) is 10.8 Å². The monoisotopic (exact) mass is 242 g/mol. The number of nitrogens with zero attached hydrogens (tertiary/aromatic N) is 2. The summed E-state index contributed by atoms with van der Waals surface area (Å²) in [5.41, 5.74) is 8.38. The quantitative estimate of drug-likeness (QED) is 0.861. The van der Waals surface area contributed by atoms with Gasteiger partial charge in [0.25, 0.3) is 0 Å². The van der Waals surface area contributed by atoms with Gasteiger partial charge in [-0.25, -0.2) is 5.43 Å². The third-order valence-corrected chi connectivity index (χ3v) is 2.74. The molecule has 1 unspecified atom stereocenters. The van der Waals surface area contributed by atoms with Gasteiger partial charge in [-0.1, -0.05) is 30.3 Å². The maximum atomic E-state index is 5.51. The summed E-state index contributed by atoms with van der Waals surface area (Å²) in [5, 5.41) is 1.52. The van der Waals surface area contributed by atoms with Crippen molar-refractivity contribution in [3.63, 3.8) is 0 Å². The van der Waals surface area contributed by atoms with E-state index in [1.54, 1.807) is 12.4 Å². The molecule has 0 aliphatic carbocycles. The molecule has 2 aromatic rings. The van der Waals surface area contributed by atoms with Crippen LogP contribution in [0.15, 0.2) is 54.9 Å². The SMILES string of the molecule is c1ccc(C2CON(Nc3cccnc3)N2)cc1. The minimum atomic E-state index is 0.162. The van der Waals surface area contributed by atoms with Crippen LogP contribution in [0, 0.1) is 0 Å². The topological polar surface area (TPSA) is 49.4 Å². The van der Waals surface area contributed by atoms with E-state index in [-0.39, 0.29) is 6.04 Å². The van der Waals surface area contributed by atoms with Gasteiger partial charge >= 0.3 is 0 Å². The van der Waals surface area contributed by atoms with E-state index in [4.69, 9.17) is 4.84 Å². The Balaban J connectivity index is 1.62. The summed E-state index contributed by atoms with van der Waals surface area (Å²) >= 11 is 0. The molecule has 1 aromatic heterocycles. The Kier molecular flexibility index (Phi) is 3.18. The molecule has 1 aromatic carbocycles. The van der Waals surface area contributed by atoms with Crippen molar-refractivity contribution in [2.24, 2.45) is 0 Å². The third-order valence-electron chi connectivity index (χ3n) is 2.74. The molecular weight excluding hydrogens is 228 g/mol. The summed E-state index contributed by atoms with van der Waals surface area (Å²) < 4.78 is 0. The van der Waals surface area contributed by atoms with Crippen LogP contribution < -0.4 is 10.9 Å². The normalized spacial score (nSPS) is 19.9. The molecular formula is C13H14N4O. The lowest BCUT2D eigenvalue weighted by atomic mass is 10.1. The van der Waals surface area contributed by atoms with Crippen molar-refractivity contribution < 1.29 is 4.84 Å². The van der Waals surface area contributed by atoms with Crippen LogP contribution in [0.25, 0.3) is 0 Å². The maximum Gasteiger partial charge on any atom is 0.0931 e. The number of hydrogen-bond acceptors (Lipinski definition) is 5. The van der Waals surface area contributed by atoms with Gasteiger partial charge in [0.05, 0.1) is 24.5 Å². The van der Waals surface area contributed by atoms with Crippen LogP contribution in [0.4, 0.5) is 5.69 Å². The summed E-state index contributed by atoms with van der Waals surface area (Å²) in [7, 11) is 0. The van der Waals surface area contributed by atoms with Gasteiger partial charge in [0.2, 0.25) is 0 Å². The molecule has 0 amide bonds. The third kappa shape index (κ3) is 2.48. The first-order valence-electron chi connectivity index (χ1n) is 5.83. The zero-order chi connectivity index (χ0) is 12.2. The van der Waals surface area contributed by atoms with Crippen LogP contribution >= 0.6 is 0 Å². The predicted octanol–water partition coefficient (Wildman–Crippen LogP) is 1.90. The molecule has 18 heavy (non-hydrogen) atoms. The highest BCUT2D eigenvalue weighted by atomic mass is 16.8. The van der Waals surface area contributed by atoms with Gasteiger partial charge < -0.3 is 0 Å². The molecule has 3 rings (SSSR count). The zero-order valence-corrected chi connectivity index (χ0v) is 9.78. The highest BCUT2D eigenvalue weighted by Crippen LogP contribution is 2.19. The highest BCUT2D eigenvalue weighted by molar-refractivity contribution is 5.38. The minimum absolute atomic E-state index is 0.162. The van der Waals surface area contributed by atoms with Crippen molar-refractivity contribution in [3.8, 4) is 0 Å². The van der Waals surface area contributed by atoms with E-state index >= 15 is 0 Å². The van der Waals surface area contributed by atoms with Crippen LogP contribution in [-0.2, 0) is 4.84 Å². The van der Waals surface area contributed by atoms with E-state index in [0.717, 1.165) is 5.69 Å². The van der Waals surface area contributed by atoms with Crippen LogP contribution in [0.1, 0.15) is 11.6 Å². The standard InChI is InChI=1S/C13H14N4O/c1-2-5-11(6-3-1)13-10-18-17(16-13)15-12-7-4-8-14-9-12/h1-9,13,15-16H,10H2. The fourth-order valence-electron chi connectivity index (χ4n) is 1.83.